The van der Waals surface area contributed by atoms with E-state index in [2.05, 4.69) is 5.32 Å². The summed E-state index contributed by atoms with van der Waals surface area (Å²) in [6.45, 7) is 1.89. The number of hydrogen-bond acceptors (Lipinski definition) is 7. The lowest BCUT2D eigenvalue weighted by Gasteiger charge is -2.29. The van der Waals surface area contributed by atoms with Gasteiger partial charge in [-0.2, -0.15) is 13.2 Å². The van der Waals surface area contributed by atoms with Crippen LogP contribution < -0.4 is 5.32 Å². The Bertz CT molecular complexity index is 1580. The van der Waals surface area contributed by atoms with Crippen LogP contribution in [0.3, 0.4) is 0 Å². The minimum Gasteiger partial charge on any atom is -0.394 e. The largest absolute Gasteiger partial charge is 0.417 e. The fourth-order valence-corrected chi connectivity index (χ4v) is 6.98. The molecule has 2 aromatic carbocycles. The van der Waals surface area contributed by atoms with Crippen molar-refractivity contribution in [3.63, 3.8) is 0 Å². The third-order valence-electron chi connectivity index (χ3n) is 8.42. The van der Waals surface area contributed by atoms with Gasteiger partial charge in [-0.1, -0.05) is 50.1 Å². The van der Waals surface area contributed by atoms with Gasteiger partial charge >= 0.3 is 6.18 Å². The van der Waals surface area contributed by atoms with Gasteiger partial charge in [-0.25, -0.2) is 13.4 Å². The van der Waals surface area contributed by atoms with E-state index in [9.17, 15) is 36.6 Å². The molecule has 0 aliphatic heterocycles. The number of carbonyl (C=O) groups excluding carboxylic acids is 1. The molecule has 44 heavy (non-hydrogen) atoms. The second-order valence-electron chi connectivity index (χ2n) is 11.2. The third kappa shape index (κ3) is 6.70. The first-order chi connectivity index (χ1) is 20.8. The molecule has 0 saturated heterocycles. The first kappa shape index (κ1) is 33.6. The molecule has 1 fully saturated rings. The molecule has 1 saturated carbocycles. The molecule has 13 heteroatoms. The van der Waals surface area contributed by atoms with Gasteiger partial charge in [0.25, 0.3) is 5.91 Å². The highest BCUT2D eigenvalue weighted by Crippen LogP contribution is 2.42. The van der Waals surface area contributed by atoms with Crippen molar-refractivity contribution in [3.8, 4) is 0 Å². The van der Waals surface area contributed by atoms with Crippen molar-refractivity contribution in [2.45, 2.75) is 75.2 Å². The van der Waals surface area contributed by atoms with E-state index in [1.807, 2.05) is 0 Å². The van der Waals surface area contributed by atoms with Gasteiger partial charge < -0.3 is 24.8 Å². The summed E-state index contributed by atoms with van der Waals surface area (Å²) in [4.78, 5) is 18.5. The van der Waals surface area contributed by atoms with Gasteiger partial charge in [0.05, 0.1) is 47.5 Å². The van der Waals surface area contributed by atoms with Gasteiger partial charge in [0.15, 0.2) is 9.84 Å². The topological polar surface area (TPSA) is 131 Å². The number of rotatable bonds is 12. The Labute approximate surface area is 255 Å². The van der Waals surface area contributed by atoms with Crippen LogP contribution in [0.15, 0.2) is 47.4 Å². The molecule has 0 spiro atoms. The maximum Gasteiger partial charge on any atom is 0.417 e. The zero-order chi connectivity index (χ0) is 32.3. The number of nitrogens with one attached hydrogen (secondary N) is 1. The quantitative estimate of drug-likeness (QED) is 0.267. The zero-order valence-electron chi connectivity index (χ0n) is 24.9. The highest BCUT2D eigenvalue weighted by molar-refractivity contribution is 7.91. The summed E-state index contributed by atoms with van der Waals surface area (Å²) in [6, 6.07) is 9.00. The average Bonchev–Trinajstić information content (AvgIpc) is 3.60. The molecule has 9 nitrogen and oxygen atoms in total. The standard InChI is InChI=1S/C31H38F3N3O6S/c1-4-44(41,42)24-12-10-21(11-13-24)25(18-39)35-28(40)27-20(2)37(29(36-27)30(19-43-3)14-5-6-15-30)16-22-8-7-9-23(17-38)26(22)31(32,33)34/h7-13,25,38-39H,4-6,14-19H2,1-3H3,(H,35,40). The molecule has 1 heterocycles. The first-order valence-corrected chi connectivity index (χ1v) is 16.1. The molecule has 1 atom stereocenters. The number of imidazole rings is 1. The van der Waals surface area contributed by atoms with Crippen LogP contribution >= 0.6 is 0 Å². The molecule has 1 aliphatic carbocycles. The van der Waals surface area contributed by atoms with Gasteiger partial charge in [-0.3, -0.25) is 4.79 Å². The van der Waals surface area contributed by atoms with E-state index < -0.39 is 52.2 Å². The van der Waals surface area contributed by atoms with Crippen LogP contribution in [0, 0.1) is 6.92 Å². The predicted molar refractivity (Wildman–Crippen MR) is 157 cm³/mol. The maximum absolute atomic E-state index is 14.2. The number of hydrogen-bond donors (Lipinski definition) is 3. The van der Waals surface area contributed by atoms with Crippen molar-refractivity contribution in [3.05, 3.63) is 81.9 Å². The third-order valence-corrected chi connectivity index (χ3v) is 10.2. The Balaban J connectivity index is 1.77. The number of aliphatic hydroxyl groups excluding tert-OH is 2. The van der Waals surface area contributed by atoms with Crippen molar-refractivity contribution in [1.29, 1.82) is 0 Å². The number of amides is 1. The minimum absolute atomic E-state index is 0.00196. The monoisotopic (exact) mass is 637 g/mol. The number of ether oxygens (including phenoxy) is 1. The smallest absolute Gasteiger partial charge is 0.394 e. The Morgan fingerprint density at radius 3 is 2.30 bits per heavy atom. The molecule has 3 N–H and O–H groups in total. The summed E-state index contributed by atoms with van der Waals surface area (Å²) in [5.41, 5.74) is -1.06. The molecule has 0 radical (unpaired) electrons. The van der Waals surface area contributed by atoms with Gasteiger partial charge in [0.2, 0.25) is 0 Å². The van der Waals surface area contributed by atoms with E-state index >= 15 is 0 Å². The van der Waals surface area contributed by atoms with Crippen molar-refractivity contribution >= 4 is 15.7 Å². The maximum atomic E-state index is 14.2. The molecule has 1 amide bonds. The number of carbonyl (C=O) groups is 1. The van der Waals surface area contributed by atoms with Crippen molar-refractivity contribution < 1.29 is 41.3 Å². The fraction of sp³-hybridized carbons (Fsp3) is 0.484. The molecule has 4 rings (SSSR count). The van der Waals surface area contributed by atoms with E-state index in [0.717, 1.165) is 12.8 Å². The highest BCUT2D eigenvalue weighted by atomic mass is 32.2. The molecular formula is C31H38F3N3O6S. The first-order valence-electron chi connectivity index (χ1n) is 14.4. The van der Waals surface area contributed by atoms with Gasteiger partial charge in [-0.05, 0) is 48.6 Å². The number of methoxy groups -OCH3 is 1. The average molecular weight is 638 g/mol. The Morgan fingerprint density at radius 2 is 1.75 bits per heavy atom. The van der Waals surface area contributed by atoms with Crippen molar-refractivity contribution in [2.75, 3.05) is 26.1 Å². The van der Waals surface area contributed by atoms with E-state index in [0.29, 0.717) is 29.9 Å². The van der Waals surface area contributed by atoms with Crippen LogP contribution in [0.2, 0.25) is 0 Å². The number of aromatic nitrogens is 2. The number of nitrogens with zero attached hydrogens (tertiary/aromatic N) is 2. The Morgan fingerprint density at radius 1 is 1.11 bits per heavy atom. The summed E-state index contributed by atoms with van der Waals surface area (Å²) in [6.07, 6.45) is -1.65. The normalized spacial score (nSPS) is 15.8. The van der Waals surface area contributed by atoms with E-state index in [4.69, 9.17) is 9.72 Å². The summed E-state index contributed by atoms with van der Waals surface area (Å²) >= 11 is 0. The summed E-state index contributed by atoms with van der Waals surface area (Å²) in [7, 11) is -1.89. The van der Waals surface area contributed by atoms with Crippen molar-refractivity contribution in [1.82, 2.24) is 14.9 Å². The van der Waals surface area contributed by atoms with Gasteiger partial charge in [0, 0.05) is 19.3 Å². The fourth-order valence-electron chi connectivity index (χ4n) is 6.09. The highest BCUT2D eigenvalue weighted by Gasteiger charge is 2.42. The minimum atomic E-state index is -4.72. The van der Waals surface area contributed by atoms with Gasteiger partial charge in [-0.15, -0.1) is 0 Å². The SMILES string of the molecule is CCS(=O)(=O)c1ccc(C(CO)NC(=O)c2nc(C3(COC)CCCC3)n(Cc3cccc(CO)c3C(F)(F)F)c2C)cc1. The van der Waals surface area contributed by atoms with Crippen LogP contribution in [0.4, 0.5) is 13.2 Å². The predicted octanol–water partition coefficient (Wildman–Crippen LogP) is 4.47. The molecule has 3 aromatic rings. The van der Waals surface area contributed by atoms with Crippen LogP contribution in [-0.2, 0) is 39.3 Å². The van der Waals surface area contributed by atoms with Crippen LogP contribution in [0.5, 0.6) is 0 Å². The van der Waals surface area contributed by atoms with E-state index in [1.54, 1.807) is 18.6 Å². The molecule has 1 aromatic heterocycles. The lowest BCUT2D eigenvalue weighted by Crippen LogP contribution is -2.33. The summed E-state index contributed by atoms with van der Waals surface area (Å²) in [5, 5.41) is 22.5. The summed E-state index contributed by atoms with van der Waals surface area (Å²) in [5.74, 6) is -0.273. The lowest BCUT2D eigenvalue weighted by atomic mass is 9.86. The number of alkyl halides is 3. The second kappa shape index (κ2) is 13.4. The van der Waals surface area contributed by atoms with Crippen molar-refractivity contribution in [2.24, 2.45) is 0 Å². The Kier molecular flexibility index (Phi) is 10.2. The number of sulfone groups is 1. The molecule has 0 bridgehead atoms. The molecular weight excluding hydrogens is 599 g/mol. The van der Waals surface area contributed by atoms with E-state index in [1.165, 1.54) is 49.4 Å². The van der Waals surface area contributed by atoms with Crippen LogP contribution in [-0.4, -0.2) is 60.2 Å². The van der Waals surface area contributed by atoms with Crippen LogP contribution in [0.25, 0.3) is 0 Å². The number of aliphatic hydroxyl groups is 2. The number of benzene rings is 2. The van der Waals surface area contributed by atoms with Crippen LogP contribution in [0.1, 0.15) is 82.9 Å². The van der Waals surface area contributed by atoms with Gasteiger partial charge in [0.1, 0.15) is 11.5 Å². The van der Waals surface area contributed by atoms with E-state index in [-0.39, 0.29) is 40.6 Å². The lowest BCUT2D eigenvalue weighted by molar-refractivity contribution is -0.139. The molecule has 240 valence electrons. The molecule has 1 aliphatic rings. The summed E-state index contributed by atoms with van der Waals surface area (Å²) < 4.78 is 74.2. The second-order valence-corrected chi connectivity index (χ2v) is 13.4. The Hall–Kier alpha value is -3.26. The number of halogens is 3. The molecule has 1 unspecified atom stereocenters. The zero-order valence-corrected chi connectivity index (χ0v) is 25.8.